The van der Waals surface area contributed by atoms with Crippen molar-refractivity contribution < 1.29 is 4.79 Å². The lowest BCUT2D eigenvalue weighted by atomic mass is 9.92. The first-order valence-electron chi connectivity index (χ1n) is 7.29. The Morgan fingerprint density at radius 3 is 3.19 bits per heavy atom. The zero-order chi connectivity index (χ0) is 14.8. The van der Waals surface area contributed by atoms with Gasteiger partial charge in [-0.05, 0) is 36.3 Å². The van der Waals surface area contributed by atoms with Gasteiger partial charge in [-0.15, -0.1) is 11.3 Å². The highest BCUT2D eigenvalue weighted by Gasteiger charge is 2.30. The van der Waals surface area contributed by atoms with Crippen molar-refractivity contribution in [2.24, 2.45) is 11.7 Å². The Balaban J connectivity index is 1.78. The van der Waals surface area contributed by atoms with Crippen LogP contribution in [0.1, 0.15) is 30.3 Å². The van der Waals surface area contributed by atoms with Crippen LogP contribution in [-0.2, 0) is 0 Å². The predicted octanol–water partition coefficient (Wildman–Crippen LogP) is 2.34. The molecule has 0 aliphatic carbocycles. The summed E-state index contributed by atoms with van der Waals surface area (Å²) in [5, 5.41) is 9.14. The van der Waals surface area contributed by atoms with E-state index in [0.29, 0.717) is 18.2 Å². The monoisotopic (exact) mass is 304 g/mol. The first kappa shape index (κ1) is 14.3. The Kier molecular flexibility index (Phi) is 4.07. The summed E-state index contributed by atoms with van der Waals surface area (Å²) in [6.07, 6.45) is 2.01. The molecule has 112 valence electrons. The number of likely N-dealkylation sites (tertiary alicyclic amines) is 1. The van der Waals surface area contributed by atoms with E-state index in [2.05, 4.69) is 17.1 Å². The van der Waals surface area contributed by atoms with Crippen LogP contribution in [0.25, 0.3) is 10.6 Å². The molecule has 3 heterocycles. The van der Waals surface area contributed by atoms with Crippen LogP contribution >= 0.6 is 11.3 Å². The molecule has 21 heavy (non-hydrogen) atoms. The number of aromatic amines is 1. The highest BCUT2D eigenvalue weighted by atomic mass is 32.1. The Bertz CT molecular complexity index is 607. The summed E-state index contributed by atoms with van der Waals surface area (Å²) < 4.78 is 0. The molecule has 0 saturated carbocycles. The second kappa shape index (κ2) is 5.99. The lowest BCUT2D eigenvalue weighted by Crippen LogP contribution is -2.49. The Labute approximate surface area is 128 Å². The van der Waals surface area contributed by atoms with Gasteiger partial charge in [0.15, 0.2) is 5.69 Å². The van der Waals surface area contributed by atoms with Gasteiger partial charge in [0, 0.05) is 19.1 Å². The number of nitrogens with two attached hydrogens (primary N) is 1. The standard InChI is InChI=1S/C15H20N4OS/c1-10-4-5-19(11(7-10)9-16)15(20)13-8-12(17-18-13)14-3-2-6-21-14/h2-3,6,8,10-11H,4-5,7,9,16H2,1H3,(H,17,18). The van der Waals surface area contributed by atoms with Gasteiger partial charge in [-0.2, -0.15) is 5.10 Å². The van der Waals surface area contributed by atoms with Crippen LogP contribution in [0.4, 0.5) is 0 Å². The third kappa shape index (κ3) is 2.87. The maximum atomic E-state index is 12.6. The van der Waals surface area contributed by atoms with E-state index in [0.717, 1.165) is 30.0 Å². The fraction of sp³-hybridized carbons (Fsp3) is 0.467. The second-order valence-electron chi connectivity index (χ2n) is 5.66. The maximum absolute atomic E-state index is 12.6. The van der Waals surface area contributed by atoms with E-state index in [1.165, 1.54) is 0 Å². The highest BCUT2D eigenvalue weighted by molar-refractivity contribution is 7.13. The quantitative estimate of drug-likeness (QED) is 0.914. The van der Waals surface area contributed by atoms with E-state index in [9.17, 15) is 4.79 Å². The van der Waals surface area contributed by atoms with Crippen LogP contribution in [0, 0.1) is 5.92 Å². The summed E-state index contributed by atoms with van der Waals surface area (Å²) in [5.74, 6) is 0.611. The molecule has 0 aromatic carbocycles. The van der Waals surface area contributed by atoms with E-state index in [1.54, 1.807) is 11.3 Å². The second-order valence-corrected chi connectivity index (χ2v) is 6.61. The van der Waals surface area contributed by atoms with Crippen LogP contribution in [0.15, 0.2) is 23.6 Å². The number of thiophene rings is 1. The van der Waals surface area contributed by atoms with Gasteiger partial charge < -0.3 is 10.6 Å². The van der Waals surface area contributed by atoms with Crippen LogP contribution in [0.3, 0.4) is 0 Å². The lowest BCUT2D eigenvalue weighted by molar-refractivity contribution is 0.0567. The van der Waals surface area contributed by atoms with E-state index < -0.39 is 0 Å². The molecule has 3 N–H and O–H groups in total. The van der Waals surface area contributed by atoms with E-state index in [4.69, 9.17) is 5.73 Å². The number of carbonyl (C=O) groups is 1. The molecule has 2 aromatic rings. The molecule has 1 amide bonds. The van der Waals surface area contributed by atoms with Crippen LogP contribution in [0.5, 0.6) is 0 Å². The van der Waals surface area contributed by atoms with Crippen molar-refractivity contribution in [3.05, 3.63) is 29.3 Å². The molecule has 2 unspecified atom stereocenters. The Morgan fingerprint density at radius 2 is 2.48 bits per heavy atom. The smallest absolute Gasteiger partial charge is 0.274 e. The number of amides is 1. The summed E-state index contributed by atoms with van der Waals surface area (Å²) in [4.78, 5) is 15.6. The minimum absolute atomic E-state index is 0.0172. The Hall–Kier alpha value is -1.66. The van der Waals surface area contributed by atoms with Crippen molar-refractivity contribution in [2.75, 3.05) is 13.1 Å². The minimum atomic E-state index is -0.0172. The average molecular weight is 304 g/mol. The van der Waals surface area contributed by atoms with Crippen molar-refractivity contribution in [1.82, 2.24) is 15.1 Å². The largest absolute Gasteiger partial charge is 0.333 e. The number of hydrogen-bond donors (Lipinski definition) is 2. The average Bonchev–Trinajstić information content (AvgIpc) is 3.17. The molecule has 1 aliphatic rings. The van der Waals surface area contributed by atoms with Crippen molar-refractivity contribution >= 4 is 17.2 Å². The van der Waals surface area contributed by atoms with Crippen molar-refractivity contribution in [2.45, 2.75) is 25.8 Å². The van der Waals surface area contributed by atoms with Crippen molar-refractivity contribution in [3.63, 3.8) is 0 Å². The van der Waals surface area contributed by atoms with E-state index in [1.807, 2.05) is 28.5 Å². The number of rotatable bonds is 3. The van der Waals surface area contributed by atoms with E-state index >= 15 is 0 Å². The summed E-state index contributed by atoms with van der Waals surface area (Å²) in [7, 11) is 0. The van der Waals surface area contributed by atoms with Crippen LogP contribution in [0.2, 0.25) is 0 Å². The fourth-order valence-corrected chi connectivity index (χ4v) is 3.57. The van der Waals surface area contributed by atoms with Gasteiger partial charge in [0.2, 0.25) is 0 Å². The van der Waals surface area contributed by atoms with Gasteiger partial charge in [0.25, 0.3) is 5.91 Å². The molecule has 0 radical (unpaired) electrons. The molecule has 3 rings (SSSR count). The molecule has 5 nitrogen and oxygen atoms in total. The van der Waals surface area contributed by atoms with Crippen molar-refractivity contribution in [3.8, 4) is 10.6 Å². The SMILES string of the molecule is CC1CCN(C(=O)c2cc(-c3cccs3)[nH]n2)C(CN)C1. The molecule has 1 fully saturated rings. The van der Waals surface area contributed by atoms with Crippen LogP contribution < -0.4 is 5.73 Å². The first-order valence-corrected chi connectivity index (χ1v) is 8.17. The van der Waals surface area contributed by atoms with Gasteiger partial charge in [-0.3, -0.25) is 9.89 Å². The normalized spacial score (nSPS) is 22.5. The number of piperidine rings is 1. The summed E-state index contributed by atoms with van der Waals surface area (Å²) >= 11 is 1.63. The molecule has 1 aliphatic heterocycles. The summed E-state index contributed by atoms with van der Waals surface area (Å²) in [5.41, 5.74) is 7.20. The van der Waals surface area contributed by atoms with Gasteiger partial charge in [0.1, 0.15) is 0 Å². The zero-order valence-corrected chi connectivity index (χ0v) is 12.9. The fourth-order valence-electron chi connectivity index (χ4n) is 2.88. The molecule has 1 saturated heterocycles. The number of hydrogen-bond acceptors (Lipinski definition) is 4. The molecule has 2 atom stereocenters. The molecule has 6 heteroatoms. The molecular weight excluding hydrogens is 284 g/mol. The minimum Gasteiger partial charge on any atom is -0.333 e. The lowest BCUT2D eigenvalue weighted by Gasteiger charge is -2.37. The third-order valence-corrected chi connectivity index (χ3v) is 5.00. The van der Waals surface area contributed by atoms with Crippen LogP contribution in [-0.4, -0.2) is 40.1 Å². The first-order chi connectivity index (χ1) is 10.2. The number of nitrogens with one attached hydrogen (secondary N) is 1. The number of H-pyrrole nitrogens is 1. The molecule has 0 bridgehead atoms. The van der Waals surface area contributed by atoms with E-state index in [-0.39, 0.29) is 11.9 Å². The van der Waals surface area contributed by atoms with Gasteiger partial charge >= 0.3 is 0 Å². The number of nitrogens with zero attached hydrogens (tertiary/aromatic N) is 2. The molecular formula is C15H20N4OS. The summed E-state index contributed by atoms with van der Waals surface area (Å²) in [6.45, 7) is 3.50. The van der Waals surface area contributed by atoms with Gasteiger partial charge in [-0.25, -0.2) is 0 Å². The summed E-state index contributed by atoms with van der Waals surface area (Å²) in [6, 6.07) is 5.96. The van der Waals surface area contributed by atoms with Crippen molar-refractivity contribution in [1.29, 1.82) is 0 Å². The Morgan fingerprint density at radius 1 is 1.62 bits per heavy atom. The number of aromatic nitrogens is 2. The molecule has 0 spiro atoms. The third-order valence-electron chi connectivity index (χ3n) is 4.09. The van der Waals surface area contributed by atoms with Gasteiger partial charge in [0.05, 0.1) is 10.6 Å². The topological polar surface area (TPSA) is 75.0 Å². The van der Waals surface area contributed by atoms with Gasteiger partial charge in [-0.1, -0.05) is 13.0 Å². The molecule has 2 aromatic heterocycles. The maximum Gasteiger partial charge on any atom is 0.274 e. The zero-order valence-electron chi connectivity index (χ0n) is 12.1. The highest BCUT2D eigenvalue weighted by Crippen LogP contribution is 2.26. The predicted molar refractivity (Wildman–Crippen MR) is 84.2 cm³/mol. The number of carbonyl (C=O) groups excluding carboxylic acids is 1.